The Labute approximate surface area is 243 Å². The molecule has 0 atom stereocenters. The smallest absolute Gasteiger partial charge is 0.164 e. The zero-order valence-electron chi connectivity index (χ0n) is 22.8. The van der Waals surface area contributed by atoms with Crippen molar-refractivity contribution in [3.8, 4) is 39.6 Å². The van der Waals surface area contributed by atoms with E-state index in [1.807, 2.05) is 54.9 Å². The molecule has 200 valence electrons. The maximum absolute atomic E-state index is 4.97. The number of pyridine rings is 2. The maximum Gasteiger partial charge on any atom is 0.164 e. The minimum absolute atomic E-state index is 0.846. The average Bonchev–Trinajstić information content (AvgIpc) is 3.65. The van der Waals surface area contributed by atoms with E-state index in [4.69, 9.17) is 9.97 Å². The Morgan fingerprint density at radius 3 is 1.62 bits per heavy atom. The van der Waals surface area contributed by atoms with Crippen molar-refractivity contribution in [2.45, 2.75) is 12.8 Å². The number of fused-ring (bicyclic) bond motifs is 2. The number of imidazole rings is 2. The van der Waals surface area contributed by atoms with Crippen molar-refractivity contribution in [1.82, 2.24) is 29.1 Å². The predicted molar refractivity (Wildman–Crippen MR) is 169 cm³/mol. The van der Waals surface area contributed by atoms with Gasteiger partial charge in [0.1, 0.15) is 22.7 Å². The minimum Gasteiger partial charge on any atom is -0.277 e. The Hall–Kier alpha value is -5.62. The van der Waals surface area contributed by atoms with Crippen molar-refractivity contribution in [3.05, 3.63) is 134 Å². The third kappa shape index (κ3) is 4.12. The highest BCUT2D eigenvalue weighted by Gasteiger charge is 2.17. The summed E-state index contributed by atoms with van der Waals surface area (Å²) in [6.07, 6.45) is 12.4. The van der Waals surface area contributed by atoms with Gasteiger partial charge in [0.2, 0.25) is 0 Å². The third-order valence-electron chi connectivity index (χ3n) is 7.70. The highest BCUT2D eigenvalue weighted by atomic mass is 15.1. The second-order valence-electron chi connectivity index (χ2n) is 10.3. The van der Waals surface area contributed by atoms with Gasteiger partial charge >= 0.3 is 0 Å². The van der Waals surface area contributed by atoms with Crippen LogP contribution in [-0.4, -0.2) is 29.1 Å². The normalized spacial score (nSPS) is 13.1. The molecule has 0 aliphatic heterocycles. The van der Waals surface area contributed by atoms with Gasteiger partial charge in [-0.25, -0.2) is 19.9 Å². The summed E-state index contributed by atoms with van der Waals surface area (Å²) < 4.78 is 4.29. The zero-order valence-corrected chi connectivity index (χ0v) is 22.8. The van der Waals surface area contributed by atoms with Gasteiger partial charge in [-0.2, -0.15) is 0 Å². The van der Waals surface area contributed by atoms with E-state index >= 15 is 0 Å². The van der Waals surface area contributed by atoms with Crippen LogP contribution in [0.4, 0.5) is 0 Å². The monoisotopic (exact) mass is 542 g/mol. The quantitative estimate of drug-likeness (QED) is 0.219. The Morgan fingerprint density at radius 1 is 0.500 bits per heavy atom. The lowest BCUT2D eigenvalue weighted by Crippen LogP contribution is -2.01. The molecule has 6 nitrogen and oxygen atoms in total. The second kappa shape index (κ2) is 10.1. The number of nitrogens with zero attached hydrogens (tertiary/aromatic N) is 6. The number of para-hydroxylation sites is 1. The molecule has 8 rings (SSSR count). The summed E-state index contributed by atoms with van der Waals surface area (Å²) in [7, 11) is 0. The Morgan fingerprint density at radius 2 is 1.05 bits per heavy atom. The van der Waals surface area contributed by atoms with Crippen LogP contribution in [0.1, 0.15) is 12.8 Å². The van der Waals surface area contributed by atoms with E-state index in [9.17, 15) is 0 Å². The number of aromatic nitrogens is 6. The van der Waals surface area contributed by atoms with E-state index in [2.05, 4.69) is 98.0 Å². The van der Waals surface area contributed by atoms with Crippen LogP contribution < -0.4 is 0 Å². The largest absolute Gasteiger partial charge is 0.277 e. The molecule has 0 spiro atoms. The van der Waals surface area contributed by atoms with Gasteiger partial charge in [-0.3, -0.25) is 9.13 Å². The Bertz CT molecular complexity index is 2110. The first kappa shape index (κ1) is 24.2. The molecule has 0 fully saturated rings. The summed E-state index contributed by atoms with van der Waals surface area (Å²) in [4.78, 5) is 19.2. The van der Waals surface area contributed by atoms with Crippen LogP contribution in [0.25, 0.3) is 67.6 Å². The van der Waals surface area contributed by atoms with E-state index in [0.717, 1.165) is 80.5 Å². The van der Waals surface area contributed by atoms with Crippen molar-refractivity contribution >= 4 is 28.0 Å². The van der Waals surface area contributed by atoms with Crippen LogP contribution >= 0.6 is 0 Å². The molecule has 0 saturated carbocycles. The summed E-state index contributed by atoms with van der Waals surface area (Å²) in [5, 5.41) is 0. The molecule has 42 heavy (non-hydrogen) atoms. The predicted octanol–water partition coefficient (Wildman–Crippen LogP) is 8.36. The standard InChI is InChI=1S/C36H26N6/c1-3-9-29(10-4-1)41-33(39-31-13-7-23-37-35(31)41)27-19-15-25(16-20-27)26-17-21-28(22-18-26)34-40-32-14-8-24-38-36(32)42(34)30-11-5-2-6-12-30/h1,3-5,7-24H,2,6H2. The molecular formula is C36H26N6. The number of allylic oxidation sites excluding steroid dienone is 4. The molecule has 1 aliphatic carbocycles. The molecule has 1 aliphatic rings. The highest BCUT2D eigenvalue weighted by Crippen LogP contribution is 2.32. The molecule has 0 amide bonds. The lowest BCUT2D eigenvalue weighted by atomic mass is 10.0. The molecule has 4 aromatic heterocycles. The van der Waals surface area contributed by atoms with Crippen LogP contribution in [0, 0.1) is 0 Å². The molecule has 7 aromatic rings. The number of rotatable bonds is 5. The molecule has 0 saturated heterocycles. The zero-order chi connectivity index (χ0) is 27.9. The molecule has 0 unspecified atom stereocenters. The summed E-state index contributed by atoms with van der Waals surface area (Å²) in [6, 6.07) is 35.4. The molecular weight excluding hydrogens is 516 g/mol. The van der Waals surface area contributed by atoms with Gasteiger partial charge in [-0.1, -0.05) is 78.9 Å². The van der Waals surface area contributed by atoms with Crippen LogP contribution in [-0.2, 0) is 0 Å². The van der Waals surface area contributed by atoms with Gasteiger partial charge in [0.05, 0.1) is 0 Å². The molecule has 6 heteroatoms. The summed E-state index contributed by atoms with van der Waals surface area (Å²) in [5.41, 5.74) is 10.0. The lowest BCUT2D eigenvalue weighted by Gasteiger charge is -2.13. The molecule has 4 heterocycles. The summed E-state index contributed by atoms with van der Waals surface area (Å²) in [6.45, 7) is 0. The maximum atomic E-state index is 4.97. The van der Waals surface area contributed by atoms with Crippen LogP contribution in [0.2, 0.25) is 0 Å². The fourth-order valence-corrected chi connectivity index (χ4v) is 5.67. The van der Waals surface area contributed by atoms with Gasteiger partial charge in [0.15, 0.2) is 11.3 Å². The van der Waals surface area contributed by atoms with Crippen LogP contribution in [0.3, 0.4) is 0 Å². The Balaban J connectivity index is 1.15. The van der Waals surface area contributed by atoms with Gasteiger partial charge in [-0.05, 0) is 66.4 Å². The first-order valence-electron chi connectivity index (χ1n) is 14.1. The van der Waals surface area contributed by atoms with E-state index in [1.165, 1.54) is 0 Å². The van der Waals surface area contributed by atoms with Crippen molar-refractivity contribution in [1.29, 1.82) is 0 Å². The van der Waals surface area contributed by atoms with Crippen molar-refractivity contribution in [3.63, 3.8) is 0 Å². The fraction of sp³-hybridized carbons (Fsp3) is 0.0556. The number of benzene rings is 3. The molecule has 0 N–H and O–H groups in total. The van der Waals surface area contributed by atoms with Crippen molar-refractivity contribution in [2.24, 2.45) is 0 Å². The first-order chi connectivity index (χ1) is 20.8. The fourth-order valence-electron chi connectivity index (χ4n) is 5.67. The minimum atomic E-state index is 0.846. The Kier molecular flexibility index (Phi) is 5.81. The summed E-state index contributed by atoms with van der Waals surface area (Å²) in [5.74, 6) is 1.77. The topological polar surface area (TPSA) is 61.4 Å². The van der Waals surface area contributed by atoms with Gasteiger partial charge in [0, 0.05) is 34.9 Å². The highest BCUT2D eigenvalue weighted by molar-refractivity contribution is 5.85. The number of hydrogen-bond acceptors (Lipinski definition) is 4. The van der Waals surface area contributed by atoms with Gasteiger partial charge < -0.3 is 0 Å². The molecule has 0 bridgehead atoms. The third-order valence-corrected chi connectivity index (χ3v) is 7.70. The van der Waals surface area contributed by atoms with Crippen molar-refractivity contribution in [2.75, 3.05) is 0 Å². The van der Waals surface area contributed by atoms with Gasteiger partial charge in [-0.15, -0.1) is 0 Å². The van der Waals surface area contributed by atoms with Gasteiger partial charge in [0.25, 0.3) is 0 Å². The molecule has 0 radical (unpaired) electrons. The number of hydrogen-bond donors (Lipinski definition) is 0. The second-order valence-corrected chi connectivity index (χ2v) is 10.3. The average molecular weight is 543 g/mol. The SMILES string of the molecule is C1=CC(n2c(-c3ccc(-c4ccc(-c5nc6cccnc6n5-c5ccccc5)cc4)cc3)nc3cccnc32)=CCC1. The van der Waals surface area contributed by atoms with Crippen LogP contribution in [0.5, 0.6) is 0 Å². The first-order valence-corrected chi connectivity index (χ1v) is 14.1. The van der Waals surface area contributed by atoms with E-state index in [1.54, 1.807) is 0 Å². The van der Waals surface area contributed by atoms with E-state index in [-0.39, 0.29) is 0 Å². The molecule has 3 aromatic carbocycles. The summed E-state index contributed by atoms with van der Waals surface area (Å²) >= 11 is 0. The van der Waals surface area contributed by atoms with Crippen molar-refractivity contribution < 1.29 is 0 Å². The van der Waals surface area contributed by atoms with E-state index in [0.29, 0.717) is 0 Å². The van der Waals surface area contributed by atoms with Crippen LogP contribution in [0.15, 0.2) is 134 Å². The lowest BCUT2D eigenvalue weighted by molar-refractivity contribution is 1.00. The van der Waals surface area contributed by atoms with E-state index < -0.39 is 0 Å².